The summed E-state index contributed by atoms with van der Waals surface area (Å²) in [6.07, 6.45) is 1.61. The molecule has 0 aliphatic carbocycles. The number of hydrogen-bond donors (Lipinski definition) is 1. The molecule has 0 unspecified atom stereocenters. The monoisotopic (exact) mass is 468 g/mol. The summed E-state index contributed by atoms with van der Waals surface area (Å²) < 4.78 is 1.49. The average molecular weight is 469 g/mol. The number of hydrazone groups is 1. The predicted molar refractivity (Wildman–Crippen MR) is 128 cm³/mol. The summed E-state index contributed by atoms with van der Waals surface area (Å²) in [5.41, 5.74) is 3.51. The fraction of sp³-hybridized carbons (Fsp3) is 0.0909. The standard InChI is InChI=1S/C22H17ClN4O2S2/c1-14-6-11-17(31-14)12-24-26-20(28)13-30-22-25-19-5-3-2-4-18(19)21(29)27(22)16-9-7-15(23)8-10-16/h2-12H,13H2,1H3,(H,26,28)/b24-12+. The molecule has 0 saturated heterocycles. The highest BCUT2D eigenvalue weighted by atomic mass is 35.5. The molecule has 0 radical (unpaired) electrons. The topological polar surface area (TPSA) is 76.3 Å². The van der Waals surface area contributed by atoms with Crippen LogP contribution in [0.15, 0.2) is 75.7 Å². The molecule has 2 heterocycles. The van der Waals surface area contributed by atoms with Crippen molar-refractivity contribution in [3.8, 4) is 5.69 Å². The van der Waals surface area contributed by atoms with Crippen LogP contribution in [-0.4, -0.2) is 27.4 Å². The zero-order valence-corrected chi connectivity index (χ0v) is 18.8. The van der Waals surface area contributed by atoms with Crippen LogP contribution in [0, 0.1) is 6.92 Å². The summed E-state index contributed by atoms with van der Waals surface area (Å²) >= 11 is 8.76. The summed E-state index contributed by atoms with van der Waals surface area (Å²) in [7, 11) is 0. The van der Waals surface area contributed by atoms with Crippen LogP contribution in [0.4, 0.5) is 0 Å². The first kappa shape index (κ1) is 21.3. The molecule has 156 valence electrons. The van der Waals surface area contributed by atoms with Gasteiger partial charge in [-0.15, -0.1) is 11.3 Å². The molecule has 0 fully saturated rings. The first-order chi connectivity index (χ1) is 15.0. The van der Waals surface area contributed by atoms with Gasteiger partial charge < -0.3 is 0 Å². The van der Waals surface area contributed by atoms with Crippen LogP contribution < -0.4 is 11.0 Å². The second-order valence-electron chi connectivity index (χ2n) is 6.56. The van der Waals surface area contributed by atoms with E-state index in [2.05, 4.69) is 15.5 Å². The van der Waals surface area contributed by atoms with Crippen molar-refractivity contribution in [3.63, 3.8) is 0 Å². The number of hydrogen-bond acceptors (Lipinski definition) is 6. The first-order valence-corrected chi connectivity index (χ1v) is 11.5. The number of amides is 1. The molecular weight excluding hydrogens is 452 g/mol. The number of thioether (sulfide) groups is 1. The third kappa shape index (κ3) is 5.04. The Kier molecular flexibility index (Phi) is 6.50. The van der Waals surface area contributed by atoms with Crippen LogP contribution in [0.5, 0.6) is 0 Å². The van der Waals surface area contributed by atoms with E-state index in [1.54, 1.807) is 60.0 Å². The molecular formula is C22H17ClN4O2S2. The molecule has 0 bridgehead atoms. The number of thiophene rings is 1. The van der Waals surface area contributed by atoms with Crippen LogP contribution in [-0.2, 0) is 4.79 Å². The summed E-state index contributed by atoms with van der Waals surface area (Å²) in [6, 6.07) is 18.0. The molecule has 6 nitrogen and oxygen atoms in total. The van der Waals surface area contributed by atoms with Gasteiger partial charge in [-0.05, 0) is 55.5 Å². The van der Waals surface area contributed by atoms with Gasteiger partial charge in [-0.1, -0.05) is 35.5 Å². The molecule has 4 rings (SSSR count). The molecule has 0 aliphatic heterocycles. The van der Waals surface area contributed by atoms with Crippen molar-refractivity contribution in [1.82, 2.24) is 15.0 Å². The lowest BCUT2D eigenvalue weighted by molar-refractivity contribution is -0.118. The predicted octanol–water partition coefficient (Wildman–Crippen LogP) is 4.65. The maximum Gasteiger partial charge on any atom is 0.266 e. The molecule has 0 aliphatic rings. The summed E-state index contributed by atoms with van der Waals surface area (Å²) in [5.74, 6) is -0.237. The molecule has 2 aromatic carbocycles. The van der Waals surface area contributed by atoms with Crippen LogP contribution in [0.3, 0.4) is 0 Å². The molecule has 31 heavy (non-hydrogen) atoms. The smallest absolute Gasteiger partial charge is 0.266 e. The Balaban J connectivity index is 1.58. The maximum atomic E-state index is 13.2. The van der Waals surface area contributed by atoms with Gasteiger partial charge in [0, 0.05) is 14.8 Å². The lowest BCUT2D eigenvalue weighted by Crippen LogP contribution is -2.24. The number of aromatic nitrogens is 2. The molecule has 1 amide bonds. The van der Waals surface area contributed by atoms with Gasteiger partial charge in [-0.25, -0.2) is 10.4 Å². The van der Waals surface area contributed by atoms with E-state index in [9.17, 15) is 9.59 Å². The normalized spacial score (nSPS) is 11.3. The minimum absolute atomic E-state index is 0.0547. The van der Waals surface area contributed by atoms with Crippen molar-refractivity contribution in [2.75, 3.05) is 5.75 Å². The fourth-order valence-electron chi connectivity index (χ4n) is 2.88. The minimum Gasteiger partial charge on any atom is -0.272 e. The average Bonchev–Trinajstić information content (AvgIpc) is 3.18. The largest absolute Gasteiger partial charge is 0.272 e. The number of nitrogens with zero attached hydrogens (tertiary/aromatic N) is 3. The van der Waals surface area contributed by atoms with Crippen molar-refractivity contribution >= 4 is 57.7 Å². The Morgan fingerprint density at radius 2 is 1.97 bits per heavy atom. The Morgan fingerprint density at radius 1 is 1.19 bits per heavy atom. The summed E-state index contributed by atoms with van der Waals surface area (Å²) in [6.45, 7) is 2.01. The number of para-hydroxylation sites is 1. The van der Waals surface area contributed by atoms with Gasteiger partial charge in [0.2, 0.25) is 0 Å². The number of benzene rings is 2. The van der Waals surface area contributed by atoms with E-state index in [4.69, 9.17) is 11.6 Å². The quantitative estimate of drug-likeness (QED) is 0.193. The number of carbonyl (C=O) groups is 1. The number of nitrogens with one attached hydrogen (secondary N) is 1. The zero-order valence-electron chi connectivity index (χ0n) is 16.4. The number of rotatable bonds is 6. The third-order valence-corrected chi connectivity index (χ3v) is 6.43. The third-order valence-electron chi connectivity index (χ3n) is 4.30. The minimum atomic E-state index is -0.292. The van der Waals surface area contributed by atoms with Crippen molar-refractivity contribution in [2.24, 2.45) is 5.10 Å². The van der Waals surface area contributed by atoms with E-state index in [0.717, 1.165) is 4.88 Å². The molecule has 0 atom stereocenters. The number of fused-ring (bicyclic) bond motifs is 1. The fourth-order valence-corrected chi connectivity index (χ4v) is 4.56. The van der Waals surface area contributed by atoms with Crippen LogP contribution in [0.2, 0.25) is 5.02 Å². The van der Waals surface area contributed by atoms with Crippen molar-refractivity contribution in [3.05, 3.63) is 85.8 Å². The molecule has 0 saturated carbocycles. The lowest BCUT2D eigenvalue weighted by atomic mass is 10.2. The molecule has 0 spiro atoms. The molecule has 1 N–H and O–H groups in total. The van der Waals surface area contributed by atoms with Gasteiger partial charge >= 0.3 is 0 Å². The van der Waals surface area contributed by atoms with Crippen molar-refractivity contribution in [1.29, 1.82) is 0 Å². The van der Waals surface area contributed by atoms with E-state index in [1.807, 2.05) is 25.1 Å². The molecule has 9 heteroatoms. The van der Waals surface area contributed by atoms with E-state index >= 15 is 0 Å². The van der Waals surface area contributed by atoms with Gasteiger partial charge in [-0.3, -0.25) is 14.2 Å². The van der Waals surface area contributed by atoms with Crippen LogP contribution >= 0.6 is 34.7 Å². The molecule has 2 aromatic heterocycles. The Morgan fingerprint density at radius 3 is 2.71 bits per heavy atom. The first-order valence-electron chi connectivity index (χ1n) is 9.30. The van der Waals surface area contributed by atoms with E-state index in [1.165, 1.54) is 21.2 Å². The summed E-state index contributed by atoms with van der Waals surface area (Å²) in [4.78, 5) is 32.2. The highest BCUT2D eigenvalue weighted by Gasteiger charge is 2.14. The SMILES string of the molecule is Cc1ccc(/C=N/NC(=O)CSc2nc3ccccc3c(=O)n2-c2ccc(Cl)cc2)s1. The lowest BCUT2D eigenvalue weighted by Gasteiger charge is -2.13. The van der Waals surface area contributed by atoms with Gasteiger partial charge in [0.15, 0.2) is 5.16 Å². The van der Waals surface area contributed by atoms with Gasteiger partial charge in [0.25, 0.3) is 11.5 Å². The van der Waals surface area contributed by atoms with E-state index in [-0.39, 0.29) is 17.2 Å². The van der Waals surface area contributed by atoms with Crippen LogP contribution in [0.25, 0.3) is 16.6 Å². The molecule has 4 aromatic rings. The number of aryl methyl sites for hydroxylation is 1. The number of carbonyl (C=O) groups excluding carboxylic acids is 1. The van der Waals surface area contributed by atoms with E-state index < -0.39 is 0 Å². The maximum absolute atomic E-state index is 13.2. The number of halogens is 1. The van der Waals surface area contributed by atoms with Gasteiger partial charge in [-0.2, -0.15) is 5.10 Å². The summed E-state index contributed by atoms with van der Waals surface area (Å²) in [5, 5.41) is 5.48. The van der Waals surface area contributed by atoms with Crippen molar-refractivity contribution < 1.29 is 4.79 Å². The highest BCUT2D eigenvalue weighted by molar-refractivity contribution is 7.99. The van der Waals surface area contributed by atoms with Gasteiger partial charge in [0.1, 0.15) is 0 Å². The Bertz CT molecular complexity index is 1330. The van der Waals surface area contributed by atoms with Gasteiger partial charge in [0.05, 0.1) is 28.6 Å². The second kappa shape index (κ2) is 9.47. The highest BCUT2D eigenvalue weighted by Crippen LogP contribution is 2.22. The second-order valence-corrected chi connectivity index (χ2v) is 9.26. The Hall–Kier alpha value is -2.94. The van der Waals surface area contributed by atoms with Crippen molar-refractivity contribution in [2.45, 2.75) is 12.1 Å². The van der Waals surface area contributed by atoms with Crippen LogP contribution in [0.1, 0.15) is 9.75 Å². The zero-order chi connectivity index (χ0) is 21.8. The van der Waals surface area contributed by atoms with E-state index in [0.29, 0.717) is 26.8 Å². The Labute approximate surface area is 191 Å².